The van der Waals surface area contributed by atoms with Gasteiger partial charge in [0.2, 0.25) is 0 Å². The summed E-state index contributed by atoms with van der Waals surface area (Å²) in [7, 11) is 1.64. The summed E-state index contributed by atoms with van der Waals surface area (Å²) in [4.78, 5) is 0.342. The van der Waals surface area contributed by atoms with Crippen molar-refractivity contribution in [3.8, 4) is 5.75 Å². The molecule has 0 unspecified atom stereocenters. The Balaban J connectivity index is 2.44. The quantitative estimate of drug-likeness (QED) is 0.575. The Kier molecular flexibility index (Phi) is 6.64. The second-order valence-electron chi connectivity index (χ2n) is 3.82. The van der Waals surface area contributed by atoms with E-state index in [1.807, 2.05) is 25.1 Å². The first-order valence-electron chi connectivity index (χ1n) is 5.75. The van der Waals surface area contributed by atoms with E-state index in [2.05, 4.69) is 0 Å². The van der Waals surface area contributed by atoms with Crippen LogP contribution in [0.25, 0.3) is 0 Å². The fraction of sp³-hybridized carbons (Fsp3) is 0.462. The van der Waals surface area contributed by atoms with E-state index in [1.54, 1.807) is 7.11 Å². The number of nitrogens with two attached hydrogens (primary N) is 1. The summed E-state index contributed by atoms with van der Waals surface area (Å²) in [5.41, 5.74) is 7.52. The van der Waals surface area contributed by atoms with Crippen LogP contribution in [0.5, 0.6) is 5.75 Å². The van der Waals surface area contributed by atoms with E-state index in [0.29, 0.717) is 37.2 Å². The summed E-state index contributed by atoms with van der Waals surface area (Å²) in [6, 6.07) is 5.76. The average molecular weight is 269 g/mol. The van der Waals surface area contributed by atoms with Crippen molar-refractivity contribution in [3.05, 3.63) is 29.3 Å². The van der Waals surface area contributed by atoms with Crippen LogP contribution in [0.15, 0.2) is 18.2 Å². The predicted molar refractivity (Wildman–Crippen MR) is 75.3 cm³/mol. The van der Waals surface area contributed by atoms with Crippen LogP contribution in [0.4, 0.5) is 0 Å². The maximum Gasteiger partial charge on any atom is 0.129 e. The van der Waals surface area contributed by atoms with Crippen molar-refractivity contribution >= 4 is 17.2 Å². The molecule has 0 radical (unpaired) electrons. The van der Waals surface area contributed by atoms with E-state index in [9.17, 15) is 0 Å². The third-order valence-electron chi connectivity index (χ3n) is 2.32. The maximum atomic E-state index is 5.66. The number of thiocarbonyl (C=S) groups is 1. The molecule has 0 atom stereocenters. The normalized spacial score (nSPS) is 10.3. The molecule has 0 bridgehead atoms. The van der Waals surface area contributed by atoms with Crippen LogP contribution in [-0.2, 0) is 9.47 Å². The number of hydrogen-bond acceptors (Lipinski definition) is 4. The molecule has 0 aliphatic rings. The number of ether oxygens (including phenoxy) is 3. The lowest BCUT2D eigenvalue weighted by Gasteiger charge is -2.11. The fourth-order valence-electron chi connectivity index (χ4n) is 1.42. The monoisotopic (exact) mass is 269 g/mol. The summed E-state index contributed by atoms with van der Waals surface area (Å²) in [6.07, 6.45) is 0. The first kappa shape index (κ1) is 14.9. The average Bonchev–Trinajstić information content (AvgIpc) is 2.35. The fourth-order valence-corrected chi connectivity index (χ4v) is 1.58. The minimum Gasteiger partial charge on any atom is -0.490 e. The summed E-state index contributed by atoms with van der Waals surface area (Å²) < 4.78 is 15.8. The van der Waals surface area contributed by atoms with Crippen molar-refractivity contribution in [1.29, 1.82) is 0 Å². The highest BCUT2D eigenvalue weighted by atomic mass is 32.1. The van der Waals surface area contributed by atoms with Crippen molar-refractivity contribution < 1.29 is 14.2 Å². The van der Waals surface area contributed by atoms with Gasteiger partial charge in [0, 0.05) is 7.11 Å². The zero-order chi connectivity index (χ0) is 13.4. The van der Waals surface area contributed by atoms with Crippen LogP contribution < -0.4 is 10.5 Å². The second-order valence-corrected chi connectivity index (χ2v) is 4.26. The van der Waals surface area contributed by atoms with E-state index < -0.39 is 0 Å². The van der Waals surface area contributed by atoms with E-state index >= 15 is 0 Å². The number of methoxy groups -OCH3 is 1. The Bertz CT molecular complexity index is 396. The second kappa shape index (κ2) is 8.02. The van der Waals surface area contributed by atoms with Crippen molar-refractivity contribution in [1.82, 2.24) is 0 Å². The number of aryl methyl sites for hydroxylation is 1. The van der Waals surface area contributed by atoms with Crippen LogP contribution in [0.3, 0.4) is 0 Å². The van der Waals surface area contributed by atoms with E-state index in [1.165, 1.54) is 0 Å². The molecule has 5 heteroatoms. The summed E-state index contributed by atoms with van der Waals surface area (Å²) in [5, 5.41) is 0. The van der Waals surface area contributed by atoms with E-state index in [0.717, 1.165) is 11.1 Å². The van der Waals surface area contributed by atoms with Gasteiger partial charge in [0.1, 0.15) is 17.3 Å². The van der Waals surface area contributed by atoms with Gasteiger partial charge in [-0.05, 0) is 19.1 Å². The molecule has 0 aliphatic carbocycles. The third-order valence-corrected chi connectivity index (χ3v) is 2.54. The van der Waals surface area contributed by atoms with Crippen LogP contribution >= 0.6 is 12.2 Å². The highest BCUT2D eigenvalue weighted by Gasteiger charge is 2.06. The summed E-state index contributed by atoms with van der Waals surface area (Å²) in [5.74, 6) is 0.698. The van der Waals surface area contributed by atoms with Gasteiger partial charge >= 0.3 is 0 Å². The van der Waals surface area contributed by atoms with Gasteiger partial charge in [-0.2, -0.15) is 0 Å². The largest absolute Gasteiger partial charge is 0.490 e. The number of rotatable bonds is 8. The van der Waals surface area contributed by atoms with Crippen LogP contribution in [0.2, 0.25) is 0 Å². The zero-order valence-electron chi connectivity index (χ0n) is 10.8. The third kappa shape index (κ3) is 5.00. The molecule has 0 aromatic heterocycles. The van der Waals surface area contributed by atoms with Crippen molar-refractivity contribution in [2.45, 2.75) is 6.92 Å². The Morgan fingerprint density at radius 2 is 1.94 bits per heavy atom. The first-order valence-corrected chi connectivity index (χ1v) is 6.16. The molecule has 100 valence electrons. The molecule has 0 amide bonds. The van der Waals surface area contributed by atoms with Crippen molar-refractivity contribution in [3.63, 3.8) is 0 Å². The maximum absolute atomic E-state index is 5.66. The molecule has 0 heterocycles. The Labute approximate surface area is 113 Å². The standard InChI is InChI=1S/C13H19NO3S/c1-10-3-4-12(11(9-10)13(14)18)17-8-7-16-6-5-15-2/h3-4,9H,5-8H2,1-2H3,(H2,14,18). The van der Waals surface area contributed by atoms with E-state index in [-0.39, 0.29) is 0 Å². The smallest absolute Gasteiger partial charge is 0.129 e. The first-order chi connectivity index (χ1) is 8.65. The Morgan fingerprint density at radius 1 is 1.22 bits per heavy atom. The van der Waals surface area contributed by atoms with Gasteiger partial charge < -0.3 is 19.9 Å². The molecule has 0 fully saturated rings. The Hall–Kier alpha value is -1.17. The molecule has 0 saturated carbocycles. The molecule has 2 N–H and O–H groups in total. The lowest BCUT2D eigenvalue weighted by atomic mass is 10.1. The van der Waals surface area contributed by atoms with Crippen molar-refractivity contribution in [2.75, 3.05) is 33.5 Å². The molecule has 0 aliphatic heterocycles. The molecule has 1 aromatic rings. The molecular formula is C13H19NO3S. The highest BCUT2D eigenvalue weighted by Crippen LogP contribution is 2.19. The zero-order valence-corrected chi connectivity index (χ0v) is 11.6. The summed E-state index contributed by atoms with van der Waals surface area (Å²) in [6.45, 7) is 4.11. The predicted octanol–water partition coefficient (Wildman–Crippen LogP) is 1.67. The van der Waals surface area contributed by atoms with Crippen LogP contribution in [-0.4, -0.2) is 38.5 Å². The Morgan fingerprint density at radius 3 is 2.61 bits per heavy atom. The minimum atomic E-state index is 0.342. The number of hydrogen-bond donors (Lipinski definition) is 1. The molecule has 0 saturated heterocycles. The molecule has 1 aromatic carbocycles. The van der Waals surface area contributed by atoms with Crippen LogP contribution in [0, 0.1) is 6.92 Å². The van der Waals surface area contributed by atoms with Crippen molar-refractivity contribution in [2.24, 2.45) is 5.73 Å². The van der Waals surface area contributed by atoms with Gasteiger partial charge in [-0.25, -0.2) is 0 Å². The lowest BCUT2D eigenvalue weighted by Crippen LogP contribution is -2.14. The lowest BCUT2D eigenvalue weighted by molar-refractivity contribution is 0.0544. The molecule has 0 spiro atoms. The SMILES string of the molecule is COCCOCCOc1ccc(C)cc1C(N)=S. The van der Waals surface area contributed by atoms with Gasteiger partial charge in [0.05, 0.1) is 25.4 Å². The molecule has 1 rings (SSSR count). The number of benzene rings is 1. The van der Waals surface area contributed by atoms with Crippen LogP contribution in [0.1, 0.15) is 11.1 Å². The van der Waals surface area contributed by atoms with Gasteiger partial charge in [0.15, 0.2) is 0 Å². The minimum absolute atomic E-state index is 0.342. The molecule has 18 heavy (non-hydrogen) atoms. The summed E-state index contributed by atoms with van der Waals surface area (Å²) >= 11 is 5.00. The van der Waals surface area contributed by atoms with E-state index in [4.69, 9.17) is 32.2 Å². The van der Waals surface area contributed by atoms with Gasteiger partial charge in [-0.15, -0.1) is 0 Å². The van der Waals surface area contributed by atoms with Gasteiger partial charge in [-0.3, -0.25) is 0 Å². The molecule has 4 nitrogen and oxygen atoms in total. The highest BCUT2D eigenvalue weighted by molar-refractivity contribution is 7.80. The topological polar surface area (TPSA) is 53.7 Å². The van der Waals surface area contributed by atoms with Gasteiger partial charge in [0.25, 0.3) is 0 Å². The molecular weight excluding hydrogens is 250 g/mol. The van der Waals surface area contributed by atoms with Gasteiger partial charge in [-0.1, -0.05) is 23.8 Å².